The number of aromatic nitrogens is 1. The Labute approximate surface area is 177 Å². The molecule has 0 saturated carbocycles. The summed E-state index contributed by atoms with van der Waals surface area (Å²) in [6.45, 7) is 4.49. The smallest absolute Gasteiger partial charge is 0.260 e. The molecule has 4 aromatic heterocycles. The fraction of sp³-hybridized carbons (Fsp3) is 0.217. The van der Waals surface area contributed by atoms with Crippen LogP contribution >= 0.6 is 11.3 Å². The SMILES string of the molecule is CC1(C)C/C(=C\c2ccoc2)c2nc3sc(C(N)=O)c(N)c3c(-c3ccoc3)c2C1. The first-order valence-electron chi connectivity index (χ1n) is 9.64. The first-order valence-corrected chi connectivity index (χ1v) is 10.5. The van der Waals surface area contributed by atoms with E-state index < -0.39 is 5.91 Å². The van der Waals surface area contributed by atoms with E-state index in [1.807, 2.05) is 12.1 Å². The molecule has 0 fully saturated rings. The van der Waals surface area contributed by atoms with Gasteiger partial charge in [-0.3, -0.25) is 4.79 Å². The number of nitrogens with zero attached hydrogens (tertiary/aromatic N) is 1. The lowest BCUT2D eigenvalue weighted by Gasteiger charge is -2.34. The molecule has 0 saturated heterocycles. The first kappa shape index (κ1) is 18.7. The predicted octanol–water partition coefficient (Wildman–Crippen LogP) is 5.34. The summed E-state index contributed by atoms with van der Waals surface area (Å²) >= 11 is 1.24. The molecule has 1 aliphatic rings. The molecule has 0 unspecified atom stereocenters. The van der Waals surface area contributed by atoms with Crippen molar-refractivity contribution in [3.63, 3.8) is 0 Å². The average Bonchev–Trinajstić information content (AvgIpc) is 3.42. The lowest BCUT2D eigenvalue weighted by Crippen LogP contribution is -2.23. The van der Waals surface area contributed by atoms with Gasteiger partial charge < -0.3 is 20.3 Å². The van der Waals surface area contributed by atoms with Crippen LogP contribution in [0.3, 0.4) is 0 Å². The highest BCUT2D eigenvalue weighted by Crippen LogP contribution is 2.49. The Bertz CT molecular complexity index is 1300. The van der Waals surface area contributed by atoms with E-state index in [2.05, 4.69) is 19.9 Å². The maximum absolute atomic E-state index is 12.0. The Balaban J connectivity index is 1.89. The molecule has 152 valence electrons. The Hall–Kier alpha value is -3.32. The number of thiophene rings is 1. The lowest BCUT2D eigenvalue weighted by molar-refractivity contribution is 0.100. The van der Waals surface area contributed by atoms with Gasteiger partial charge in [-0.25, -0.2) is 4.98 Å². The van der Waals surface area contributed by atoms with Crippen molar-refractivity contribution >= 4 is 44.8 Å². The van der Waals surface area contributed by atoms with Crippen LogP contribution in [0, 0.1) is 5.41 Å². The molecular formula is C23H21N3O3S. The largest absolute Gasteiger partial charge is 0.472 e. The number of amides is 1. The molecule has 0 aliphatic heterocycles. The topological polar surface area (TPSA) is 108 Å². The molecular weight excluding hydrogens is 398 g/mol. The molecule has 0 bridgehead atoms. The van der Waals surface area contributed by atoms with Gasteiger partial charge in [0, 0.05) is 22.1 Å². The molecule has 5 rings (SSSR count). The van der Waals surface area contributed by atoms with Gasteiger partial charge in [-0.2, -0.15) is 0 Å². The monoisotopic (exact) mass is 419 g/mol. The zero-order valence-electron chi connectivity index (χ0n) is 16.7. The van der Waals surface area contributed by atoms with Crippen LogP contribution in [0.5, 0.6) is 0 Å². The average molecular weight is 420 g/mol. The van der Waals surface area contributed by atoms with Crippen LogP contribution in [0.25, 0.3) is 33.0 Å². The van der Waals surface area contributed by atoms with E-state index in [9.17, 15) is 4.79 Å². The molecule has 6 nitrogen and oxygen atoms in total. The fourth-order valence-corrected chi connectivity index (χ4v) is 5.31. The molecule has 7 heteroatoms. The summed E-state index contributed by atoms with van der Waals surface area (Å²) in [4.78, 5) is 18.0. The van der Waals surface area contributed by atoms with Crippen molar-refractivity contribution in [1.82, 2.24) is 4.98 Å². The molecule has 4 heterocycles. The molecule has 0 aromatic carbocycles. The highest BCUT2D eigenvalue weighted by atomic mass is 32.1. The van der Waals surface area contributed by atoms with Crippen LogP contribution in [0.2, 0.25) is 0 Å². The fourth-order valence-electron chi connectivity index (χ4n) is 4.35. The Morgan fingerprint density at radius 1 is 1.20 bits per heavy atom. The Morgan fingerprint density at radius 2 is 1.97 bits per heavy atom. The highest BCUT2D eigenvalue weighted by molar-refractivity contribution is 7.21. The van der Waals surface area contributed by atoms with Crippen LogP contribution in [0.4, 0.5) is 5.69 Å². The molecule has 1 aliphatic carbocycles. The van der Waals surface area contributed by atoms with Gasteiger partial charge in [-0.15, -0.1) is 11.3 Å². The van der Waals surface area contributed by atoms with Gasteiger partial charge in [0.25, 0.3) is 5.91 Å². The van der Waals surface area contributed by atoms with E-state index in [0.29, 0.717) is 15.4 Å². The van der Waals surface area contributed by atoms with Gasteiger partial charge >= 0.3 is 0 Å². The number of rotatable bonds is 3. The van der Waals surface area contributed by atoms with Crippen molar-refractivity contribution < 1.29 is 13.6 Å². The number of carbonyl (C=O) groups is 1. The molecule has 4 aromatic rings. The number of hydrogen-bond acceptors (Lipinski definition) is 6. The van der Waals surface area contributed by atoms with E-state index in [-0.39, 0.29) is 5.41 Å². The normalized spacial score (nSPS) is 16.8. The number of nitrogen functional groups attached to an aromatic ring is 1. The van der Waals surface area contributed by atoms with Crippen LogP contribution in [-0.2, 0) is 6.42 Å². The second-order valence-electron chi connectivity index (χ2n) is 8.46. The van der Waals surface area contributed by atoms with Crippen molar-refractivity contribution in [1.29, 1.82) is 0 Å². The molecule has 0 spiro atoms. The van der Waals surface area contributed by atoms with Crippen molar-refractivity contribution in [2.45, 2.75) is 26.7 Å². The predicted molar refractivity (Wildman–Crippen MR) is 119 cm³/mol. The molecule has 0 radical (unpaired) electrons. The highest BCUT2D eigenvalue weighted by Gasteiger charge is 2.34. The zero-order valence-corrected chi connectivity index (χ0v) is 17.5. The van der Waals surface area contributed by atoms with Crippen LogP contribution in [0.15, 0.2) is 46.0 Å². The van der Waals surface area contributed by atoms with Crippen molar-refractivity contribution in [2.75, 3.05) is 5.73 Å². The van der Waals surface area contributed by atoms with E-state index in [1.54, 1.807) is 25.1 Å². The molecule has 1 amide bonds. The number of carbonyl (C=O) groups excluding carboxylic acids is 1. The van der Waals surface area contributed by atoms with Crippen molar-refractivity contribution in [3.8, 4) is 11.1 Å². The summed E-state index contributed by atoms with van der Waals surface area (Å²) in [6, 6.07) is 3.84. The third-order valence-corrected chi connectivity index (χ3v) is 6.64. The summed E-state index contributed by atoms with van der Waals surface area (Å²) in [7, 11) is 0. The number of allylic oxidation sites excluding steroid dienone is 1. The van der Waals surface area contributed by atoms with E-state index in [1.165, 1.54) is 11.3 Å². The standard InChI is InChI=1S/C23H21N3O3S/c1-23(2)8-14(7-12-3-5-28-10-12)19-15(9-23)16(13-4-6-29-11-13)17-18(24)20(21(25)27)30-22(17)26-19/h3-7,10-11H,8-9,24H2,1-2H3,(H2,25,27)/b14-7+. The second-order valence-corrected chi connectivity index (χ2v) is 9.46. The third-order valence-electron chi connectivity index (χ3n) is 5.52. The maximum atomic E-state index is 12.0. The van der Waals surface area contributed by atoms with Crippen molar-refractivity contribution in [3.05, 3.63) is 58.9 Å². The van der Waals surface area contributed by atoms with Crippen LogP contribution < -0.4 is 11.5 Å². The minimum atomic E-state index is -0.541. The summed E-state index contributed by atoms with van der Waals surface area (Å²) in [5.41, 5.74) is 18.4. The minimum absolute atomic E-state index is 0.0215. The number of pyridine rings is 1. The van der Waals surface area contributed by atoms with Gasteiger partial charge in [0.1, 0.15) is 9.71 Å². The van der Waals surface area contributed by atoms with Crippen LogP contribution in [0.1, 0.15) is 46.8 Å². The van der Waals surface area contributed by atoms with Crippen molar-refractivity contribution in [2.24, 2.45) is 11.1 Å². The number of primary amides is 1. The van der Waals surface area contributed by atoms with Crippen LogP contribution in [-0.4, -0.2) is 10.9 Å². The number of fused-ring (bicyclic) bond motifs is 2. The minimum Gasteiger partial charge on any atom is -0.472 e. The van der Waals surface area contributed by atoms with E-state index in [4.69, 9.17) is 25.3 Å². The summed E-state index contributed by atoms with van der Waals surface area (Å²) < 4.78 is 10.6. The Kier molecular flexibility index (Phi) is 4.11. The lowest BCUT2D eigenvalue weighted by atomic mass is 9.71. The first-order chi connectivity index (χ1) is 14.3. The number of nitrogens with two attached hydrogens (primary N) is 2. The van der Waals surface area contributed by atoms with Gasteiger partial charge in [-0.1, -0.05) is 13.8 Å². The summed E-state index contributed by atoms with van der Waals surface area (Å²) in [6.07, 6.45) is 10.5. The summed E-state index contributed by atoms with van der Waals surface area (Å²) in [5, 5.41) is 0.773. The van der Waals surface area contributed by atoms with Gasteiger partial charge in [0.15, 0.2) is 0 Å². The molecule has 30 heavy (non-hydrogen) atoms. The Morgan fingerprint density at radius 3 is 2.63 bits per heavy atom. The molecule has 4 N–H and O–H groups in total. The maximum Gasteiger partial charge on any atom is 0.260 e. The number of hydrogen-bond donors (Lipinski definition) is 2. The van der Waals surface area contributed by atoms with Gasteiger partial charge in [0.2, 0.25) is 0 Å². The quantitative estimate of drug-likeness (QED) is 0.466. The molecule has 0 atom stereocenters. The third kappa shape index (κ3) is 2.93. The number of anilines is 1. The second kappa shape index (κ2) is 6.60. The van der Waals surface area contributed by atoms with Gasteiger partial charge in [0.05, 0.1) is 36.4 Å². The summed E-state index contributed by atoms with van der Waals surface area (Å²) in [5.74, 6) is -0.541. The zero-order chi connectivity index (χ0) is 21.0. The number of furan rings is 2. The van der Waals surface area contributed by atoms with E-state index >= 15 is 0 Å². The van der Waals surface area contributed by atoms with E-state index in [0.717, 1.165) is 51.7 Å². The van der Waals surface area contributed by atoms with Gasteiger partial charge in [-0.05, 0) is 47.6 Å².